The van der Waals surface area contributed by atoms with E-state index in [0.717, 1.165) is 33.5 Å². The lowest BCUT2D eigenvalue weighted by Crippen LogP contribution is -2.32. The molecule has 0 spiro atoms. The Morgan fingerprint density at radius 1 is 1.09 bits per heavy atom. The van der Waals surface area contributed by atoms with E-state index in [2.05, 4.69) is 0 Å². The zero-order chi connectivity index (χ0) is 22.2. The lowest BCUT2D eigenvalue weighted by atomic mass is 9.97. The molecule has 0 radical (unpaired) electrons. The number of methoxy groups -OCH3 is 1. The lowest BCUT2D eigenvalue weighted by molar-refractivity contribution is 0.289. The Bertz CT molecular complexity index is 1360. The molecule has 5 rings (SSSR count). The highest BCUT2D eigenvalue weighted by Gasteiger charge is 2.24. The van der Waals surface area contributed by atoms with Crippen LogP contribution in [0.1, 0.15) is 22.3 Å². The number of ether oxygens (including phenoxy) is 2. The molecule has 0 fully saturated rings. The van der Waals surface area contributed by atoms with E-state index in [4.69, 9.17) is 25.5 Å². The molecule has 6 heteroatoms. The third-order valence-corrected chi connectivity index (χ3v) is 6.26. The number of halogens is 1. The maximum atomic E-state index is 13.0. The molecule has 0 saturated carbocycles. The van der Waals surface area contributed by atoms with Crippen molar-refractivity contribution >= 4 is 28.3 Å². The number of benzene rings is 3. The predicted octanol–water partition coefficient (Wildman–Crippen LogP) is 5.71. The molecule has 162 valence electrons. The van der Waals surface area contributed by atoms with Gasteiger partial charge in [0.25, 0.3) is 0 Å². The van der Waals surface area contributed by atoms with Crippen molar-refractivity contribution < 1.29 is 13.9 Å². The van der Waals surface area contributed by atoms with Crippen LogP contribution < -0.4 is 20.0 Å². The minimum atomic E-state index is -0.308. The van der Waals surface area contributed by atoms with E-state index >= 15 is 0 Å². The van der Waals surface area contributed by atoms with Crippen LogP contribution >= 0.6 is 11.6 Å². The van der Waals surface area contributed by atoms with Crippen molar-refractivity contribution in [3.63, 3.8) is 0 Å². The normalized spacial score (nSPS) is 13.0. The summed E-state index contributed by atoms with van der Waals surface area (Å²) in [5, 5.41) is 1.45. The summed E-state index contributed by atoms with van der Waals surface area (Å²) in [4.78, 5) is 15.0. The number of anilines is 1. The Hall–Kier alpha value is -3.44. The molecule has 3 aromatic carbocycles. The van der Waals surface area contributed by atoms with Crippen LogP contribution in [0.25, 0.3) is 11.0 Å². The smallest absolute Gasteiger partial charge is 0.340 e. The van der Waals surface area contributed by atoms with Crippen molar-refractivity contribution in [2.45, 2.75) is 19.9 Å². The molecule has 2 heterocycles. The Morgan fingerprint density at radius 2 is 1.91 bits per heavy atom. The molecule has 32 heavy (non-hydrogen) atoms. The van der Waals surface area contributed by atoms with Gasteiger partial charge < -0.3 is 18.8 Å². The van der Waals surface area contributed by atoms with Gasteiger partial charge in [-0.15, -0.1) is 0 Å². The second-order valence-electron chi connectivity index (χ2n) is 7.86. The molecule has 1 aliphatic heterocycles. The number of hydrogen-bond acceptors (Lipinski definition) is 5. The summed E-state index contributed by atoms with van der Waals surface area (Å²) >= 11 is 6.32. The average Bonchev–Trinajstić information content (AvgIpc) is 2.82. The first-order chi connectivity index (χ1) is 15.5. The van der Waals surface area contributed by atoms with Gasteiger partial charge in [0.1, 0.15) is 17.1 Å². The molecule has 5 nitrogen and oxygen atoms in total. The van der Waals surface area contributed by atoms with Gasteiger partial charge in [-0.05, 0) is 48.4 Å². The van der Waals surface area contributed by atoms with E-state index < -0.39 is 0 Å². The number of fused-ring (bicyclic) bond motifs is 3. The van der Waals surface area contributed by atoms with Crippen LogP contribution in [0.3, 0.4) is 0 Å². The summed E-state index contributed by atoms with van der Waals surface area (Å²) < 4.78 is 17.1. The van der Waals surface area contributed by atoms with Crippen LogP contribution in [0.15, 0.2) is 69.9 Å². The molecule has 0 bridgehead atoms. The van der Waals surface area contributed by atoms with E-state index in [1.807, 2.05) is 72.5 Å². The van der Waals surface area contributed by atoms with E-state index in [1.54, 1.807) is 7.11 Å². The first kappa shape index (κ1) is 20.5. The van der Waals surface area contributed by atoms with Crippen molar-refractivity contribution in [1.29, 1.82) is 0 Å². The number of rotatable bonds is 4. The SMILES string of the molecule is COc1ccc(N2COc3ccc4c(C)c(Cc5ccccc5)c(=O)oc4c3C2)cc1Cl. The fraction of sp³-hybridized carbons (Fsp3) is 0.192. The molecule has 0 N–H and O–H groups in total. The Morgan fingerprint density at radius 3 is 2.66 bits per heavy atom. The van der Waals surface area contributed by atoms with Crippen LogP contribution in [0.2, 0.25) is 5.02 Å². The van der Waals surface area contributed by atoms with Crippen molar-refractivity contribution in [2.75, 3.05) is 18.7 Å². The van der Waals surface area contributed by atoms with Gasteiger partial charge in [0.15, 0.2) is 6.73 Å². The van der Waals surface area contributed by atoms with Gasteiger partial charge in [-0.1, -0.05) is 41.9 Å². The van der Waals surface area contributed by atoms with Gasteiger partial charge in [-0.2, -0.15) is 0 Å². The highest BCUT2D eigenvalue weighted by atomic mass is 35.5. The maximum absolute atomic E-state index is 13.0. The van der Waals surface area contributed by atoms with E-state index in [9.17, 15) is 4.79 Å². The lowest BCUT2D eigenvalue weighted by Gasteiger charge is -2.31. The molecule has 1 aliphatic rings. The minimum Gasteiger partial charge on any atom is -0.495 e. The van der Waals surface area contributed by atoms with Crippen molar-refractivity contribution in [3.8, 4) is 11.5 Å². The van der Waals surface area contributed by atoms with Crippen molar-refractivity contribution in [1.82, 2.24) is 0 Å². The highest BCUT2D eigenvalue weighted by molar-refractivity contribution is 6.32. The van der Waals surface area contributed by atoms with Gasteiger partial charge in [-0.3, -0.25) is 0 Å². The van der Waals surface area contributed by atoms with Gasteiger partial charge in [0.2, 0.25) is 0 Å². The molecule has 0 aliphatic carbocycles. The third-order valence-electron chi connectivity index (χ3n) is 5.96. The van der Waals surface area contributed by atoms with Gasteiger partial charge in [-0.25, -0.2) is 4.79 Å². The van der Waals surface area contributed by atoms with E-state index in [1.165, 1.54) is 0 Å². The standard InChI is InChI=1S/C26H22ClNO4/c1-16-19-9-11-23-21(14-28(15-31-23)18-8-10-24(30-2)22(27)13-18)25(19)32-26(29)20(16)12-17-6-4-3-5-7-17/h3-11,13H,12,14-15H2,1-2H3. The summed E-state index contributed by atoms with van der Waals surface area (Å²) in [5.41, 5.74) is 4.71. The van der Waals surface area contributed by atoms with Crippen molar-refractivity contribution in [3.05, 3.63) is 98.4 Å². The summed E-state index contributed by atoms with van der Waals surface area (Å²) in [5.74, 6) is 1.35. The van der Waals surface area contributed by atoms with Crippen molar-refractivity contribution in [2.24, 2.45) is 0 Å². The first-order valence-electron chi connectivity index (χ1n) is 10.4. The fourth-order valence-corrected chi connectivity index (χ4v) is 4.43. The van der Waals surface area contributed by atoms with Crippen LogP contribution in [0.5, 0.6) is 11.5 Å². The molecule has 0 atom stereocenters. The van der Waals surface area contributed by atoms with Crippen LogP contribution in [-0.2, 0) is 13.0 Å². The Labute approximate surface area is 190 Å². The maximum Gasteiger partial charge on any atom is 0.340 e. The quantitative estimate of drug-likeness (QED) is 0.375. The third kappa shape index (κ3) is 3.59. The molecule has 1 aromatic heterocycles. The largest absolute Gasteiger partial charge is 0.495 e. The molecular weight excluding hydrogens is 426 g/mol. The summed E-state index contributed by atoms with van der Waals surface area (Å²) in [7, 11) is 1.59. The monoisotopic (exact) mass is 447 g/mol. The number of nitrogens with zero attached hydrogens (tertiary/aromatic N) is 1. The second-order valence-corrected chi connectivity index (χ2v) is 8.27. The molecule has 0 unspecified atom stereocenters. The Kier molecular flexibility index (Phi) is 5.27. The van der Waals surface area contributed by atoms with Crippen LogP contribution in [0.4, 0.5) is 5.69 Å². The van der Waals surface area contributed by atoms with Gasteiger partial charge >= 0.3 is 5.63 Å². The molecule has 0 amide bonds. The molecule has 4 aromatic rings. The van der Waals surface area contributed by atoms with Gasteiger partial charge in [0, 0.05) is 23.1 Å². The van der Waals surface area contributed by atoms with Crippen LogP contribution in [-0.4, -0.2) is 13.8 Å². The van der Waals surface area contributed by atoms with E-state index in [-0.39, 0.29) is 5.63 Å². The molecule has 0 saturated heterocycles. The van der Waals surface area contributed by atoms with E-state index in [0.29, 0.717) is 41.6 Å². The molecular formula is C26H22ClNO4. The predicted molar refractivity (Wildman–Crippen MR) is 126 cm³/mol. The highest BCUT2D eigenvalue weighted by Crippen LogP contribution is 2.37. The fourth-order valence-electron chi connectivity index (χ4n) is 4.18. The zero-order valence-corrected chi connectivity index (χ0v) is 18.6. The second kappa shape index (κ2) is 8.24. The summed E-state index contributed by atoms with van der Waals surface area (Å²) in [6.45, 7) is 2.89. The topological polar surface area (TPSA) is 51.9 Å². The summed E-state index contributed by atoms with van der Waals surface area (Å²) in [6, 6.07) is 19.5. The van der Waals surface area contributed by atoms with Gasteiger partial charge in [0.05, 0.1) is 24.2 Å². The Balaban J connectivity index is 1.55. The first-order valence-corrected chi connectivity index (χ1v) is 10.8. The minimum absolute atomic E-state index is 0.308. The average molecular weight is 448 g/mol. The summed E-state index contributed by atoms with van der Waals surface area (Å²) in [6.07, 6.45) is 0.537. The number of aryl methyl sites for hydroxylation is 1. The number of hydrogen-bond donors (Lipinski definition) is 0. The van der Waals surface area contributed by atoms with Crippen LogP contribution in [0, 0.1) is 6.92 Å². The zero-order valence-electron chi connectivity index (χ0n) is 17.9.